The highest BCUT2D eigenvalue weighted by atomic mass is 35.5. The maximum absolute atomic E-state index is 10.3. The maximum atomic E-state index is 10.3. The molecule has 4 heteroatoms. The third kappa shape index (κ3) is 3.34. The van der Waals surface area contributed by atoms with E-state index in [1.165, 1.54) is 0 Å². The summed E-state index contributed by atoms with van der Waals surface area (Å²) < 4.78 is 0. The standard InChI is InChI=1S/C8H9NO2.ClH/c1-6-2-7(3-8(10)11)5-9-4-6;/h2,4-5H,3H2,1H3,(H,10,11);1H. The summed E-state index contributed by atoms with van der Waals surface area (Å²) >= 11 is 0. The van der Waals surface area contributed by atoms with Crippen LogP contribution >= 0.6 is 12.4 Å². The predicted octanol–water partition coefficient (Wildman–Crippen LogP) is 1.44. The predicted molar refractivity (Wildman–Crippen MR) is 47.6 cm³/mol. The molecule has 0 unspecified atom stereocenters. The average molecular weight is 188 g/mol. The molecule has 1 aromatic heterocycles. The van der Waals surface area contributed by atoms with Crippen LogP contribution < -0.4 is 0 Å². The van der Waals surface area contributed by atoms with Gasteiger partial charge in [0.15, 0.2) is 0 Å². The van der Waals surface area contributed by atoms with Crippen LogP contribution in [0.25, 0.3) is 0 Å². The number of halogens is 1. The van der Waals surface area contributed by atoms with Gasteiger partial charge in [-0.1, -0.05) is 6.07 Å². The largest absolute Gasteiger partial charge is 0.481 e. The van der Waals surface area contributed by atoms with Gasteiger partial charge in [0.05, 0.1) is 6.42 Å². The molecule has 1 N–H and O–H groups in total. The molecule has 0 bridgehead atoms. The monoisotopic (exact) mass is 187 g/mol. The molecule has 1 heterocycles. The lowest BCUT2D eigenvalue weighted by molar-refractivity contribution is -0.136. The topological polar surface area (TPSA) is 50.2 Å². The Bertz CT molecular complexity index is 276. The lowest BCUT2D eigenvalue weighted by atomic mass is 10.2. The fraction of sp³-hybridized carbons (Fsp3) is 0.250. The van der Waals surface area contributed by atoms with E-state index in [2.05, 4.69) is 4.98 Å². The first kappa shape index (κ1) is 10.9. The summed E-state index contributed by atoms with van der Waals surface area (Å²) in [4.78, 5) is 14.1. The van der Waals surface area contributed by atoms with Gasteiger partial charge < -0.3 is 5.11 Å². The number of nitrogens with zero attached hydrogens (tertiary/aromatic N) is 1. The normalized spacial score (nSPS) is 8.75. The van der Waals surface area contributed by atoms with Gasteiger partial charge in [0, 0.05) is 12.4 Å². The van der Waals surface area contributed by atoms with Crippen molar-refractivity contribution in [2.75, 3.05) is 0 Å². The van der Waals surface area contributed by atoms with E-state index in [0.29, 0.717) is 0 Å². The van der Waals surface area contributed by atoms with E-state index in [9.17, 15) is 4.79 Å². The zero-order chi connectivity index (χ0) is 8.27. The Morgan fingerprint density at radius 3 is 2.75 bits per heavy atom. The summed E-state index contributed by atoms with van der Waals surface area (Å²) in [6.45, 7) is 1.89. The van der Waals surface area contributed by atoms with Crippen LogP contribution in [-0.4, -0.2) is 16.1 Å². The van der Waals surface area contributed by atoms with Gasteiger partial charge in [-0.05, 0) is 18.1 Å². The summed E-state index contributed by atoms with van der Waals surface area (Å²) in [6, 6.07) is 1.82. The van der Waals surface area contributed by atoms with Gasteiger partial charge in [-0.3, -0.25) is 9.78 Å². The van der Waals surface area contributed by atoms with Gasteiger partial charge in [0.25, 0.3) is 0 Å². The summed E-state index contributed by atoms with van der Waals surface area (Å²) in [5.74, 6) is -0.822. The van der Waals surface area contributed by atoms with E-state index in [1.807, 2.05) is 13.0 Å². The SMILES string of the molecule is Cc1cncc(CC(=O)O)c1.Cl. The van der Waals surface area contributed by atoms with Crippen LogP contribution in [0.1, 0.15) is 11.1 Å². The zero-order valence-corrected chi connectivity index (χ0v) is 7.47. The van der Waals surface area contributed by atoms with E-state index in [4.69, 9.17) is 5.11 Å². The lowest BCUT2D eigenvalue weighted by Gasteiger charge is -1.96. The van der Waals surface area contributed by atoms with Crippen molar-refractivity contribution in [2.24, 2.45) is 0 Å². The minimum atomic E-state index is -0.822. The van der Waals surface area contributed by atoms with Crippen LogP contribution in [0.4, 0.5) is 0 Å². The number of carboxylic acid groups (broad SMARTS) is 1. The van der Waals surface area contributed by atoms with Crippen LogP contribution in [-0.2, 0) is 11.2 Å². The summed E-state index contributed by atoms with van der Waals surface area (Å²) in [5.41, 5.74) is 1.74. The Morgan fingerprint density at radius 1 is 1.58 bits per heavy atom. The number of aromatic nitrogens is 1. The first-order valence-electron chi connectivity index (χ1n) is 3.31. The fourth-order valence-corrected chi connectivity index (χ4v) is 0.889. The number of pyridine rings is 1. The molecule has 0 aliphatic heterocycles. The average Bonchev–Trinajstić information content (AvgIpc) is 1.85. The molecule has 0 spiro atoms. The van der Waals surface area contributed by atoms with Crippen LogP contribution in [0.5, 0.6) is 0 Å². The van der Waals surface area contributed by atoms with Crippen molar-refractivity contribution in [3.8, 4) is 0 Å². The minimum Gasteiger partial charge on any atom is -0.481 e. The molecule has 1 aromatic rings. The molecule has 0 aliphatic rings. The van der Waals surface area contributed by atoms with E-state index in [0.717, 1.165) is 11.1 Å². The first-order valence-corrected chi connectivity index (χ1v) is 3.31. The second kappa shape index (κ2) is 4.72. The molecule has 1 rings (SSSR count). The molecular formula is C8H10ClNO2. The quantitative estimate of drug-likeness (QED) is 0.762. The van der Waals surface area contributed by atoms with Crippen molar-refractivity contribution in [2.45, 2.75) is 13.3 Å². The number of aryl methyl sites for hydroxylation is 1. The van der Waals surface area contributed by atoms with Gasteiger partial charge in [-0.2, -0.15) is 0 Å². The number of hydrogen-bond donors (Lipinski definition) is 1. The molecule has 3 nitrogen and oxygen atoms in total. The van der Waals surface area contributed by atoms with Crippen LogP contribution in [0.15, 0.2) is 18.5 Å². The van der Waals surface area contributed by atoms with E-state index in [1.54, 1.807) is 12.4 Å². The Balaban J connectivity index is 0.00000121. The molecule has 0 aliphatic carbocycles. The number of rotatable bonds is 2. The van der Waals surface area contributed by atoms with Crippen molar-refractivity contribution in [3.05, 3.63) is 29.6 Å². The van der Waals surface area contributed by atoms with Gasteiger partial charge in [-0.15, -0.1) is 12.4 Å². The fourth-order valence-electron chi connectivity index (χ4n) is 0.889. The third-order valence-corrected chi connectivity index (χ3v) is 1.29. The zero-order valence-electron chi connectivity index (χ0n) is 6.65. The van der Waals surface area contributed by atoms with Gasteiger partial charge in [0.1, 0.15) is 0 Å². The number of aliphatic carboxylic acids is 1. The Labute approximate surface area is 76.9 Å². The van der Waals surface area contributed by atoms with Gasteiger partial charge in [-0.25, -0.2) is 0 Å². The van der Waals surface area contributed by atoms with Crippen LogP contribution in [0.2, 0.25) is 0 Å². The highest BCUT2D eigenvalue weighted by molar-refractivity contribution is 5.85. The summed E-state index contributed by atoms with van der Waals surface area (Å²) in [6.07, 6.45) is 3.32. The molecule has 0 atom stereocenters. The Kier molecular flexibility index (Phi) is 4.29. The molecule has 66 valence electrons. The lowest BCUT2D eigenvalue weighted by Crippen LogP contribution is -2.00. The number of hydrogen-bond acceptors (Lipinski definition) is 2. The molecule has 0 radical (unpaired) electrons. The molecule has 0 aromatic carbocycles. The molecule has 0 amide bonds. The Hall–Kier alpha value is -1.09. The molecule has 12 heavy (non-hydrogen) atoms. The summed E-state index contributed by atoms with van der Waals surface area (Å²) in [7, 11) is 0. The first-order chi connectivity index (χ1) is 5.18. The van der Waals surface area contributed by atoms with Crippen LogP contribution in [0.3, 0.4) is 0 Å². The third-order valence-electron chi connectivity index (χ3n) is 1.29. The summed E-state index contributed by atoms with van der Waals surface area (Å²) in [5, 5.41) is 8.43. The minimum absolute atomic E-state index is 0. The second-order valence-electron chi connectivity index (χ2n) is 2.44. The van der Waals surface area contributed by atoms with Crippen molar-refractivity contribution >= 4 is 18.4 Å². The van der Waals surface area contributed by atoms with E-state index >= 15 is 0 Å². The van der Waals surface area contributed by atoms with Gasteiger partial charge >= 0.3 is 5.97 Å². The van der Waals surface area contributed by atoms with Crippen molar-refractivity contribution < 1.29 is 9.90 Å². The van der Waals surface area contributed by atoms with E-state index in [-0.39, 0.29) is 18.8 Å². The highest BCUT2D eigenvalue weighted by Crippen LogP contribution is 2.01. The van der Waals surface area contributed by atoms with Crippen LogP contribution in [0, 0.1) is 6.92 Å². The molecular weight excluding hydrogens is 178 g/mol. The smallest absolute Gasteiger partial charge is 0.307 e. The van der Waals surface area contributed by atoms with Crippen molar-refractivity contribution in [3.63, 3.8) is 0 Å². The van der Waals surface area contributed by atoms with Crippen molar-refractivity contribution in [1.29, 1.82) is 0 Å². The second-order valence-corrected chi connectivity index (χ2v) is 2.44. The Morgan fingerprint density at radius 2 is 2.25 bits per heavy atom. The number of carboxylic acids is 1. The molecule has 0 fully saturated rings. The molecule has 0 saturated heterocycles. The highest BCUT2D eigenvalue weighted by Gasteiger charge is 1.99. The van der Waals surface area contributed by atoms with E-state index < -0.39 is 5.97 Å². The number of carbonyl (C=O) groups is 1. The molecule has 0 saturated carbocycles. The maximum Gasteiger partial charge on any atom is 0.307 e. The van der Waals surface area contributed by atoms with Gasteiger partial charge in [0.2, 0.25) is 0 Å². The van der Waals surface area contributed by atoms with Crippen molar-refractivity contribution in [1.82, 2.24) is 4.98 Å².